The first-order chi connectivity index (χ1) is 49.0. The molecule has 2 aliphatic heterocycles. The first kappa shape index (κ1) is 76.3. The maximum absolute atomic E-state index is 15.3. The summed E-state index contributed by atoms with van der Waals surface area (Å²) in [4.78, 5) is 160. The van der Waals surface area contributed by atoms with Crippen LogP contribution in [0.2, 0.25) is 0 Å². The number of nitrogens with two attached hydrogens (primary N) is 1. The molecule has 27 nitrogen and oxygen atoms in total. The Balaban J connectivity index is 1.07. The lowest BCUT2D eigenvalue weighted by Crippen LogP contribution is -2.63. The third-order valence-corrected chi connectivity index (χ3v) is 20.0. The van der Waals surface area contributed by atoms with Crippen molar-refractivity contribution in [2.45, 2.75) is 150 Å². The molecule has 15 N–H and O–H groups in total. The lowest BCUT2D eigenvalue weighted by molar-refractivity contribution is -0.146. The molecule has 2 bridgehead atoms. The van der Waals surface area contributed by atoms with Crippen LogP contribution in [0.5, 0.6) is 5.75 Å². The van der Waals surface area contributed by atoms with Gasteiger partial charge in [-0.3, -0.25) is 47.9 Å². The van der Waals surface area contributed by atoms with Gasteiger partial charge in [0.15, 0.2) is 0 Å². The molecule has 0 unspecified atom stereocenters. The largest absolute Gasteiger partial charge is 0.497 e. The number of H-pyrrole nitrogens is 3. The minimum Gasteiger partial charge on any atom is -0.497 e. The number of carbonyl (C=O) groups excluding carboxylic acids is 9. The molecule has 4 aromatic carbocycles. The van der Waals surface area contributed by atoms with E-state index in [9.17, 15) is 43.4 Å². The minimum atomic E-state index is -2.04. The first-order valence-electron chi connectivity index (χ1n) is 33.7. The van der Waals surface area contributed by atoms with Crippen LogP contribution in [0.1, 0.15) is 92.4 Å². The van der Waals surface area contributed by atoms with Gasteiger partial charge in [0.05, 0.1) is 19.6 Å². The predicted octanol–water partition coefficient (Wildman–Crippen LogP) is 3.38. The number of carboxylic acid groups (broad SMARTS) is 1. The van der Waals surface area contributed by atoms with Crippen molar-refractivity contribution in [3.63, 3.8) is 0 Å². The standard InChI is InChI=1S/C71H86F2N14O13S2/c1-40(88)62-68(97)84-55(31-45-37-79-52-18-14-47(73)33-50(45)52)65(94)81-54(30-44-36-78-51-17-13-46(72)32-49(44)51)64(93)83-57(35-61(90)91)67(96)82-56(34-59-75-22-23-76-59)66(95)85-58(29-41-11-15-48(100-3)16-12-41)69(98)87-25-7-20-71(87,2)70(99)77-24-27-102-39-43-9-6-8-42(28-43)38-101-26-19-60(89)80-53(63(92)86-62)10-4-5-21-74/h6,8-9,11-18,22-23,28,32-33,36-37,40,53-58,62,78-79,88H,4-5,7,10,19-21,24-27,29-31,34-35,38-39,74H2,1-3H3,(H,75,76)(H,77,99)(H,80,89)(H,81,94)(H,82,96)(H,83,93)(H,84,97)(H,85,95)(H,86,92)(H,90,91)/t40-,53+,54+,55+,56+,57+,58+,62-,71+/m1/s1. The fraction of sp³-hybridized carbons (Fsp3) is 0.423. The number of carboxylic acids is 1. The number of unbranched alkanes of at least 4 members (excludes halogenated alkanes) is 1. The molecule has 9 rings (SSSR count). The van der Waals surface area contributed by atoms with Crippen molar-refractivity contribution in [2.75, 3.05) is 38.2 Å². The molecule has 1 saturated heterocycles. The van der Waals surface area contributed by atoms with Crippen molar-refractivity contribution in [1.82, 2.24) is 67.4 Å². The monoisotopic (exact) mass is 1440 g/mol. The maximum Gasteiger partial charge on any atom is 0.305 e. The van der Waals surface area contributed by atoms with Crippen LogP contribution in [0.3, 0.4) is 0 Å². The molecular weight excluding hydrogens is 1360 g/mol. The molecule has 9 amide bonds. The number of halogens is 2. The van der Waals surface area contributed by atoms with Crippen molar-refractivity contribution in [3.05, 3.63) is 155 Å². The summed E-state index contributed by atoms with van der Waals surface area (Å²) in [6.45, 7) is 3.54. The van der Waals surface area contributed by atoms with Crippen LogP contribution in [0.15, 0.2) is 110 Å². The fourth-order valence-electron chi connectivity index (χ4n) is 12.5. The number of benzene rings is 4. The molecule has 7 aromatic rings. The summed E-state index contributed by atoms with van der Waals surface area (Å²) in [6, 6.07) is 10.6. The van der Waals surface area contributed by atoms with Crippen LogP contribution in [0.4, 0.5) is 8.78 Å². The van der Waals surface area contributed by atoms with Crippen LogP contribution in [0.25, 0.3) is 21.8 Å². The van der Waals surface area contributed by atoms with Crippen molar-refractivity contribution in [1.29, 1.82) is 0 Å². The number of aliphatic hydroxyl groups excluding tert-OH is 1. The third-order valence-electron chi connectivity index (χ3n) is 18.0. The second-order valence-electron chi connectivity index (χ2n) is 25.5. The van der Waals surface area contributed by atoms with Gasteiger partial charge in [-0.05, 0) is 129 Å². The predicted molar refractivity (Wildman–Crippen MR) is 379 cm³/mol. The summed E-state index contributed by atoms with van der Waals surface area (Å²) in [7, 11) is 1.48. The molecule has 9 atom stereocenters. The summed E-state index contributed by atoms with van der Waals surface area (Å²) in [5.41, 5.74) is 8.36. The minimum absolute atomic E-state index is 0.00382. The number of ether oxygens (including phenoxy) is 1. The molecule has 0 aliphatic carbocycles. The molecule has 0 saturated carbocycles. The zero-order valence-corrected chi connectivity index (χ0v) is 58.3. The van der Waals surface area contributed by atoms with Crippen LogP contribution in [-0.2, 0) is 85.1 Å². The number of rotatable bonds is 16. The zero-order chi connectivity index (χ0) is 73.0. The summed E-state index contributed by atoms with van der Waals surface area (Å²) in [5, 5.41) is 43.6. The van der Waals surface area contributed by atoms with E-state index in [-0.39, 0.29) is 79.5 Å². The average Bonchev–Trinajstić information content (AvgIpc) is 1.58. The number of thioether (sulfide) groups is 2. The maximum atomic E-state index is 15.3. The van der Waals surface area contributed by atoms with Crippen LogP contribution >= 0.6 is 23.5 Å². The van der Waals surface area contributed by atoms with E-state index in [0.29, 0.717) is 64.6 Å². The van der Waals surface area contributed by atoms with E-state index in [1.165, 1.54) is 85.8 Å². The molecule has 2 aliphatic rings. The smallest absolute Gasteiger partial charge is 0.305 e. The number of fused-ring (bicyclic) bond motifs is 5. The van der Waals surface area contributed by atoms with E-state index in [1.54, 1.807) is 43.0 Å². The van der Waals surface area contributed by atoms with E-state index in [1.807, 2.05) is 18.2 Å². The van der Waals surface area contributed by atoms with Crippen LogP contribution in [0, 0.1) is 11.6 Å². The molecular formula is C71H86F2N14O13S2. The average molecular weight is 1450 g/mol. The highest BCUT2D eigenvalue weighted by atomic mass is 32.2. The number of imidazole rings is 1. The molecule has 102 heavy (non-hydrogen) atoms. The number of aromatic nitrogens is 4. The number of amides is 9. The van der Waals surface area contributed by atoms with Crippen molar-refractivity contribution in [2.24, 2.45) is 5.73 Å². The van der Waals surface area contributed by atoms with Gasteiger partial charge in [0.25, 0.3) is 0 Å². The number of aromatic amines is 3. The Hall–Kier alpha value is -9.85. The number of nitrogens with zero attached hydrogens (tertiary/aromatic N) is 2. The lowest BCUT2D eigenvalue weighted by Gasteiger charge is -2.36. The normalized spacial score (nSPS) is 23.0. The Labute approximate surface area is 595 Å². The molecule has 1 fully saturated rings. The first-order valence-corrected chi connectivity index (χ1v) is 36.0. The van der Waals surface area contributed by atoms with E-state index < -0.39 is 144 Å². The SMILES string of the molecule is COc1ccc(C[C@@H]2NC(=O)[C@H](Cc3ncc[nH]3)NC(=O)[C@H](CC(=O)O)NC(=O)[C@H](Cc3c[nH]c4ccc(F)cc34)NC(=O)[C@H](Cc3c[nH]c4ccc(F)cc34)NC(=O)[C@@H]([C@@H](C)O)NC(=O)[C@H](CCCCN)NC(=O)CCSCc3cccc(c3)CSCCNC(=O)[C@]3(C)CCCN3C2=O)cc1. The Morgan fingerprint density at radius 1 is 0.676 bits per heavy atom. The number of hydrogen-bond donors (Lipinski definition) is 14. The highest BCUT2D eigenvalue weighted by molar-refractivity contribution is 7.98. The Morgan fingerprint density at radius 3 is 1.82 bits per heavy atom. The van der Waals surface area contributed by atoms with Gasteiger partial charge < -0.3 is 83.1 Å². The summed E-state index contributed by atoms with van der Waals surface area (Å²) in [5.74, 6) is -8.21. The molecule has 5 heterocycles. The van der Waals surface area contributed by atoms with E-state index in [2.05, 4.69) is 68.5 Å². The number of aliphatic carboxylic acids is 1. The Morgan fingerprint density at radius 2 is 1.25 bits per heavy atom. The van der Waals surface area contributed by atoms with E-state index >= 15 is 23.6 Å². The number of nitrogens with one attached hydrogen (secondary N) is 11. The second-order valence-corrected chi connectivity index (χ2v) is 27.8. The second kappa shape index (κ2) is 36.1. The molecule has 31 heteroatoms. The Bertz CT molecular complexity index is 4120. The van der Waals surface area contributed by atoms with Gasteiger partial charge in [0.1, 0.15) is 71.0 Å². The van der Waals surface area contributed by atoms with Crippen LogP contribution < -0.4 is 53.0 Å². The number of aliphatic hydroxyl groups is 1. The van der Waals surface area contributed by atoms with Crippen LogP contribution in [-0.4, -0.2) is 186 Å². The zero-order valence-electron chi connectivity index (χ0n) is 56.7. The van der Waals surface area contributed by atoms with Crippen molar-refractivity contribution >= 4 is 104 Å². The lowest BCUT2D eigenvalue weighted by atomic mass is 9.95. The fourth-order valence-corrected chi connectivity index (χ4v) is 14.1. The topological polar surface area (TPSA) is 406 Å². The summed E-state index contributed by atoms with van der Waals surface area (Å²) < 4.78 is 35.4. The van der Waals surface area contributed by atoms with Crippen molar-refractivity contribution < 1.29 is 71.7 Å². The molecule has 544 valence electrons. The highest BCUT2D eigenvalue weighted by Crippen LogP contribution is 2.31. The summed E-state index contributed by atoms with van der Waals surface area (Å²) in [6.07, 6.45) is 3.18. The highest BCUT2D eigenvalue weighted by Gasteiger charge is 2.48. The quantitative estimate of drug-likeness (QED) is 0.0617. The number of carbonyl (C=O) groups is 10. The van der Waals surface area contributed by atoms with E-state index in [4.69, 9.17) is 10.5 Å². The van der Waals surface area contributed by atoms with Gasteiger partial charge in [-0.1, -0.05) is 36.4 Å². The van der Waals surface area contributed by atoms with Gasteiger partial charge in [0, 0.05) is 115 Å². The van der Waals surface area contributed by atoms with Gasteiger partial charge in [-0.2, -0.15) is 23.5 Å². The van der Waals surface area contributed by atoms with Gasteiger partial charge in [-0.25, -0.2) is 13.8 Å². The van der Waals surface area contributed by atoms with E-state index in [0.717, 1.165) is 17.2 Å². The summed E-state index contributed by atoms with van der Waals surface area (Å²) >= 11 is 3.08. The number of hydrogen-bond acceptors (Lipinski definition) is 16. The number of methoxy groups -OCH3 is 1. The van der Waals surface area contributed by atoms with Gasteiger partial charge in [0.2, 0.25) is 53.2 Å². The van der Waals surface area contributed by atoms with Crippen molar-refractivity contribution in [3.8, 4) is 5.75 Å². The van der Waals surface area contributed by atoms with Gasteiger partial charge >= 0.3 is 5.97 Å². The molecule has 3 aromatic heterocycles. The third kappa shape index (κ3) is 20.7. The van der Waals surface area contributed by atoms with Gasteiger partial charge in [-0.15, -0.1) is 0 Å². The molecule has 0 radical (unpaired) electrons. The molecule has 0 spiro atoms. The Kier molecular flexibility index (Phi) is 27.1.